The largest absolute Gasteiger partial charge is 0.348 e. The van der Waals surface area contributed by atoms with Crippen LogP contribution in [-0.4, -0.2) is 46.1 Å². The Labute approximate surface area is 144 Å². The molecule has 1 heterocycles. The summed E-state index contributed by atoms with van der Waals surface area (Å²) in [5.74, 6) is -2.44. The fourth-order valence-corrected chi connectivity index (χ4v) is 2.61. The highest BCUT2D eigenvalue weighted by molar-refractivity contribution is 6.45. The first kappa shape index (κ1) is 17.9. The van der Waals surface area contributed by atoms with Crippen molar-refractivity contribution >= 4 is 35.4 Å². The van der Waals surface area contributed by atoms with Gasteiger partial charge in [-0.15, -0.1) is 0 Å². The van der Waals surface area contributed by atoms with Gasteiger partial charge in [0.1, 0.15) is 6.54 Å². The van der Waals surface area contributed by atoms with Crippen LogP contribution in [-0.2, 0) is 14.4 Å². The summed E-state index contributed by atoms with van der Waals surface area (Å²) < 4.78 is 0. The van der Waals surface area contributed by atoms with Crippen molar-refractivity contribution in [2.24, 2.45) is 0 Å². The summed E-state index contributed by atoms with van der Waals surface area (Å²) >= 11 is 5.91. The fraction of sp³-hybridized carbons (Fsp3) is 0.375. The second kappa shape index (κ2) is 7.00. The van der Waals surface area contributed by atoms with Gasteiger partial charge in [-0.3, -0.25) is 19.3 Å². The molecule has 1 fully saturated rings. The van der Waals surface area contributed by atoms with Gasteiger partial charge >= 0.3 is 17.8 Å². The number of imide groups is 2. The summed E-state index contributed by atoms with van der Waals surface area (Å²) in [6.07, 6.45) is 0. The highest BCUT2D eigenvalue weighted by Crippen LogP contribution is 2.18. The molecule has 0 radical (unpaired) electrons. The minimum Gasteiger partial charge on any atom is -0.348 e. The van der Waals surface area contributed by atoms with E-state index in [1.54, 1.807) is 45.0 Å². The third kappa shape index (κ3) is 3.56. The van der Waals surface area contributed by atoms with Crippen molar-refractivity contribution in [3.05, 3.63) is 34.9 Å². The van der Waals surface area contributed by atoms with Gasteiger partial charge in [-0.2, -0.15) is 0 Å². The lowest BCUT2D eigenvalue weighted by molar-refractivity contribution is -0.144. The van der Waals surface area contributed by atoms with Crippen LogP contribution in [0.4, 0.5) is 4.79 Å². The second-order valence-electron chi connectivity index (χ2n) is 5.79. The molecule has 5 amide bonds. The van der Waals surface area contributed by atoms with Crippen molar-refractivity contribution in [2.45, 2.75) is 32.9 Å². The molecule has 1 aliphatic heterocycles. The predicted octanol–water partition coefficient (Wildman–Crippen LogP) is 1.72. The van der Waals surface area contributed by atoms with E-state index in [9.17, 15) is 19.2 Å². The summed E-state index contributed by atoms with van der Waals surface area (Å²) in [5, 5.41) is 3.22. The van der Waals surface area contributed by atoms with Crippen molar-refractivity contribution < 1.29 is 19.2 Å². The molecular weight excluding hydrogens is 334 g/mol. The van der Waals surface area contributed by atoms with Gasteiger partial charge in [-0.05, 0) is 38.5 Å². The van der Waals surface area contributed by atoms with E-state index in [2.05, 4.69) is 5.32 Å². The number of carbonyl (C=O) groups is 4. The Balaban J connectivity index is 2.03. The van der Waals surface area contributed by atoms with E-state index in [0.29, 0.717) is 9.92 Å². The minimum atomic E-state index is -0.987. The molecule has 7 nitrogen and oxygen atoms in total. The van der Waals surface area contributed by atoms with E-state index >= 15 is 0 Å². The van der Waals surface area contributed by atoms with Gasteiger partial charge in [0, 0.05) is 11.1 Å². The molecule has 0 unspecified atom stereocenters. The highest BCUT2D eigenvalue weighted by atomic mass is 35.5. The first-order valence-corrected chi connectivity index (χ1v) is 7.84. The first-order valence-electron chi connectivity index (χ1n) is 7.46. The van der Waals surface area contributed by atoms with E-state index in [0.717, 1.165) is 10.5 Å². The van der Waals surface area contributed by atoms with E-state index in [1.807, 2.05) is 0 Å². The third-order valence-corrected chi connectivity index (χ3v) is 3.86. The van der Waals surface area contributed by atoms with Crippen molar-refractivity contribution in [3.8, 4) is 0 Å². The van der Waals surface area contributed by atoms with Crippen LogP contribution in [0, 0.1) is 0 Å². The van der Waals surface area contributed by atoms with Crippen LogP contribution in [0.15, 0.2) is 24.3 Å². The molecule has 1 atom stereocenters. The predicted molar refractivity (Wildman–Crippen MR) is 87.1 cm³/mol. The Morgan fingerprint density at radius 1 is 1.17 bits per heavy atom. The van der Waals surface area contributed by atoms with Crippen molar-refractivity contribution in [1.82, 2.24) is 15.1 Å². The number of hydrogen-bond acceptors (Lipinski definition) is 4. The maximum Gasteiger partial charge on any atom is 0.334 e. The zero-order valence-electron chi connectivity index (χ0n) is 13.6. The lowest BCUT2D eigenvalue weighted by Gasteiger charge is -2.19. The van der Waals surface area contributed by atoms with Gasteiger partial charge in [0.15, 0.2) is 0 Å². The molecule has 1 N–H and O–H groups in total. The Morgan fingerprint density at radius 2 is 1.83 bits per heavy atom. The molecule has 1 aliphatic rings. The van der Waals surface area contributed by atoms with Gasteiger partial charge in [0.05, 0.1) is 6.04 Å². The number of carbonyl (C=O) groups excluding carboxylic acids is 4. The molecule has 1 aromatic carbocycles. The lowest BCUT2D eigenvalue weighted by Crippen LogP contribution is -2.43. The van der Waals surface area contributed by atoms with E-state index in [4.69, 9.17) is 11.6 Å². The highest BCUT2D eigenvalue weighted by Gasteiger charge is 2.46. The quantitative estimate of drug-likeness (QED) is 0.646. The smallest absolute Gasteiger partial charge is 0.334 e. The molecule has 0 saturated carbocycles. The van der Waals surface area contributed by atoms with E-state index in [-0.39, 0.29) is 6.04 Å². The molecule has 0 spiro atoms. The molecule has 0 aliphatic carbocycles. The van der Waals surface area contributed by atoms with Gasteiger partial charge in [-0.1, -0.05) is 23.7 Å². The average molecular weight is 352 g/mol. The third-order valence-electron chi connectivity index (χ3n) is 3.63. The van der Waals surface area contributed by atoms with E-state index < -0.39 is 36.3 Å². The normalized spacial score (nSPS) is 16.1. The van der Waals surface area contributed by atoms with Gasteiger partial charge < -0.3 is 5.32 Å². The van der Waals surface area contributed by atoms with E-state index in [1.165, 1.54) is 0 Å². The molecule has 1 aromatic rings. The molecular formula is C16H18ClN3O4. The maximum atomic E-state index is 12.1. The number of nitrogens with zero attached hydrogens (tertiary/aromatic N) is 2. The molecule has 128 valence electrons. The summed E-state index contributed by atoms with van der Waals surface area (Å²) in [6, 6.07) is 5.40. The minimum absolute atomic E-state index is 0.360. The topological polar surface area (TPSA) is 86.8 Å². The maximum absolute atomic E-state index is 12.1. The summed E-state index contributed by atoms with van der Waals surface area (Å²) in [4.78, 5) is 49.4. The first-order chi connectivity index (χ1) is 11.2. The Hall–Kier alpha value is -2.41. The number of nitrogens with one attached hydrogen (secondary N) is 1. The Morgan fingerprint density at radius 3 is 2.38 bits per heavy atom. The fourth-order valence-electron chi connectivity index (χ4n) is 2.41. The standard InChI is InChI=1S/C16H18ClN3O4/c1-9(2)20-15(23)14(22)19(16(20)24)8-13(21)18-10(3)11-5-4-6-12(17)7-11/h4-7,9-10H,8H2,1-3H3,(H,18,21)/t10-/m0/s1. The number of rotatable bonds is 5. The van der Waals surface area contributed by atoms with Crippen molar-refractivity contribution in [2.75, 3.05) is 6.54 Å². The van der Waals surface area contributed by atoms with Crippen LogP contribution in [0.2, 0.25) is 5.02 Å². The zero-order chi connectivity index (χ0) is 18.0. The molecule has 2 rings (SSSR count). The summed E-state index contributed by atoms with van der Waals surface area (Å²) in [5.41, 5.74) is 0.787. The number of hydrogen-bond donors (Lipinski definition) is 1. The number of benzene rings is 1. The van der Waals surface area contributed by atoms with Crippen LogP contribution in [0.25, 0.3) is 0 Å². The molecule has 0 aromatic heterocycles. The Kier molecular flexibility index (Phi) is 5.23. The summed E-state index contributed by atoms with van der Waals surface area (Å²) in [6.45, 7) is 4.49. The number of urea groups is 1. The van der Waals surface area contributed by atoms with Crippen LogP contribution in [0.3, 0.4) is 0 Å². The van der Waals surface area contributed by atoms with Crippen LogP contribution in [0.5, 0.6) is 0 Å². The van der Waals surface area contributed by atoms with Gasteiger partial charge in [0.25, 0.3) is 0 Å². The molecule has 0 bridgehead atoms. The van der Waals surface area contributed by atoms with Gasteiger partial charge in [0.2, 0.25) is 5.91 Å². The Bertz CT molecular complexity index is 704. The number of amides is 5. The van der Waals surface area contributed by atoms with Crippen LogP contribution < -0.4 is 5.32 Å². The van der Waals surface area contributed by atoms with Crippen molar-refractivity contribution in [1.29, 1.82) is 0 Å². The van der Waals surface area contributed by atoms with Crippen LogP contribution in [0.1, 0.15) is 32.4 Å². The molecule has 1 saturated heterocycles. The monoisotopic (exact) mass is 351 g/mol. The van der Waals surface area contributed by atoms with Crippen LogP contribution >= 0.6 is 11.6 Å². The molecule has 8 heteroatoms. The average Bonchev–Trinajstić information content (AvgIpc) is 2.71. The SMILES string of the molecule is CC(C)N1C(=O)C(=O)N(CC(=O)N[C@@H](C)c2cccc(Cl)c2)C1=O. The number of halogens is 1. The zero-order valence-corrected chi connectivity index (χ0v) is 14.3. The lowest BCUT2D eigenvalue weighted by atomic mass is 10.1. The molecule has 24 heavy (non-hydrogen) atoms. The van der Waals surface area contributed by atoms with Crippen molar-refractivity contribution in [3.63, 3.8) is 0 Å². The van der Waals surface area contributed by atoms with Gasteiger partial charge in [-0.25, -0.2) is 9.69 Å². The second-order valence-corrected chi connectivity index (χ2v) is 6.22. The summed E-state index contributed by atoms with van der Waals surface area (Å²) in [7, 11) is 0.